The van der Waals surface area contributed by atoms with Gasteiger partial charge in [-0.2, -0.15) is 13.2 Å². The third-order valence-corrected chi connectivity index (χ3v) is 5.84. The summed E-state index contributed by atoms with van der Waals surface area (Å²) in [5.74, 6) is -0.698. The van der Waals surface area contributed by atoms with Gasteiger partial charge >= 0.3 is 6.18 Å². The molecule has 6 heteroatoms. The fourth-order valence-corrected chi connectivity index (χ4v) is 4.20. The number of aryl methyl sites for hydroxylation is 1. The number of carbonyl (C=O) groups excluding carboxylic acids is 1. The molecule has 29 heavy (non-hydrogen) atoms. The normalized spacial score (nSPS) is 16.6. The van der Waals surface area contributed by atoms with E-state index in [-0.39, 0.29) is 5.56 Å². The van der Waals surface area contributed by atoms with E-state index in [1.165, 1.54) is 19.1 Å². The maximum atomic E-state index is 13.5. The Hall–Kier alpha value is -2.34. The second-order valence-electron chi connectivity index (χ2n) is 8.16. The summed E-state index contributed by atoms with van der Waals surface area (Å²) < 4.78 is 40.6. The lowest BCUT2D eigenvalue weighted by molar-refractivity contribution is -0.138. The van der Waals surface area contributed by atoms with Gasteiger partial charge in [0, 0.05) is 5.54 Å². The summed E-state index contributed by atoms with van der Waals surface area (Å²) in [4.78, 5) is 15.4. The van der Waals surface area contributed by atoms with Crippen LogP contribution in [0.15, 0.2) is 48.5 Å². The summed E-state index contributed by atoms with van der Waals surface area (Å²) in [5, 5.41) is 2.94. The first-order chi connectivity index (χ1) is 13.6. The number of amides is 1. The Balaban J connectivity index is 2.00. The first-order valence-electron chi connectivity index (χ1n) is 9.90. The molecule has 0 aromatic heterocycles. The Labute approximate surface area is 169 Å². The van der Waals surface area contributed by atoms with E-state index >= 15 is 0 Å². The molecule has 0 bridgehead atoms. The summed E-state index contributed by atoms with van der Waals surface area (Å²) in [6.45, 7) is 7.43. The van der Waals surface area contributed by atoms with Crippen LogP contribution in [0, 0.1) is 6.92 Å². The second kappa shape index (κ2) is 8.19. The molecule has 1 unspecified atom stereocenters. The maximum Gasteiger partial charge on any atom is 0.417 e. The van der Waals surface area contributed by atoms with Crippen LogP contribution in [-0.2, 0) is 6.18 Å². The van der Waals surface area contributed by atoms with Gasteiger partial charge in [0.25, 0.3) is 5.91 Å². The van der Waals surface area contributed by atoms with Crippen LogP contribution in [-0.4, -0.2) is 29.4 Å². The zero-order valence-corrected chi connectivity index (χ0v) is 17.0. The van der Waals surface area contributed by atoms with Crippen molar-refractivity contribution in [1.82, 2.24) is 10.2 Å². The van der Waals surface area contributed by atoms with Crippen LogP contribution in [0.1, 0.15) is 59.8 Å². The minimum atomic E-state index is -4.59. The number of benzene rings is 2. The molecule has 156 valence electrons. The van der Waals surface area contributed by atoms with Gasteiger partial charge in [-0.3, -0.25) is 9.69 Å². The number of hydrogen-bond donors (Lipinski definition) is 1. The number of alkyl halides is 3. The Kier molecular flexibility index (Phi) is 6.03. The number of halogens is 3. The van der Waals surface area contributed by atoms with Crippen LogP contribution in [0.25, 0.3) is 0 Å². The monoisotopic (exact) mass is 404 g/mol. The minimum Gasteiger partial charge on any atom is -0.343 e. The van der Waals surface area contributed by atoms with Crippen LogP contribution in [0.2, 0.25) is 0 Å². The molecule has 0 saturated carbocycles. The molecule has 2 aromatic rings. The van der Waals surface area contributed by atoms with E-state index in [0.717, 1.165) is 37.6 Å². The zero-order chi connectivity index (χ0) is 21.2. The van der Waals surface area contributed by atoms with E-state index in [4.69, 9.17) is 0 Å². The van der Waals surface area contributed by atoms with Gasteiger partial charge in [-0.05, 0) is 63.9 Å². The van der Waals surface area contributed by atoms with Crippen molar-refractivity contribution in [3.05, 3.63) is 70.8 Å². The highest BCUT2D eigenvalue weighted by Crippen LogP contribution is 2.36. The van der Waals surface area contributed by atoms with E-state index in [1.54, 1.807) is 0 Å². The molecule has 1 heterocycles. The number of nitrogens with one attached hydrogen (secondary N) is 1. The smallest absolute Gasteiger partial charge is 0.343 e. The number of hydrogen-bond acceptors (Lipinski definition) is 2. The molecule has 1 aliphatic rings. The predicted molar refractivity (Wildman–Crippen MR) is 108 cm³/mol. The molecule has 1 N–H and O–H groups in total. The van der Waals surface area contributed by atoms with Crippen molar-refractivity contribution in [2.45, 2.75) is 51.4 Å². The molecular formula is C23H27F3N2O. The highest BCUT2D eigenvalue weighted by atomic mass is 19.4. The third-order valence-electron chi connectivity index (χ3n) is 5.84. The van der Waals surface area contributed by atoms with E-state index in [1.807, 2.05) is 44.2 Å². The van der Waals surface area contributed by atoms with Crippen LogP contribution in [0.4, 0.5) is 13.2 Å². The topological polar surface area (TPSA) is 32.3 Å². The largest absolute Gasteiger partial charge is 0.417 e. The van der Waals surface area contributed by atoms with Gasteiger partial charge in [0.15, 0.2) is 0 Å². The lowest BCUT2D eigenvalue weighted by Gasteiger charge is -2.42. The minimum absolute atomic E-state index is 0.307. The van der Waals surface area contributed by atoms with Gasteiger partial charge in [0.2, 0.25) is 0 Å². The molecule has 1 fully saturated rings. The molecule has 1 saturated heterocycles. The lowest BCUT2D eigenvalue weighted by atomic mass is 9.86. The molecule has 0 spiro atoms. The Bertz CT molecular complexity index is 856. The van der Waals surface area contributed by atoms with Gasteiger partial charge < -0.3 is 5.32 Å². The average molecular weight is 404 g/mol. The first kappa shape index (κ1) is 21.4. The summed E-state index contributed by atoms with van der Waals surface area (Å²) in [6.07, 6.45) is -2.44. The van der Waals surface area contributed by atoms with Gasteiger partial charge in [0.05, 0.1) is 17.2 Å². The number of rotatable bonds is 5. The molecule has 3 rings (SSSR count). The fraction of sp³-hybridized carbons (Fsp3) is 0.435. The number of nitrogens with zero attached hydrogens (tertiary/aromatic N) is 1. The van der Waals surface area contributed by atoms with Gasteiger partial charge in [0.1, 0.15) is 0 Å². The molecule has 0 aliphatic carbocycles. The van der Waals surface area contributed by atoms with E-state index in [9.17, 15) is 18.0 Å². The Morgan fingerprint density at radius 1 is 1.00 bits per heavy atom. The summed E-state index contributed by atoms with van der Waals surface area (Å²) in [7, 11) is 0. The molecule has 1 amide bonds. The highest BCUT2D eigenvalue weighted by molar-refractivity contribution is 5.97. The molecular weight excluding hydrogens is 377 g/mol. The molecule has 0 radical (unpaired) electrons. The van der Waals surface area contributed by atoms with Gasteiger partial charge in [-0.1, -0.05) is 42.5 Å². The summed E-state index contributed by atoms with van der Waals surface area (Å²) >= 11 is 0. The third kappa shape index (κ3) is 4.47. The van der Waals surface area contributed by atoms with Crippen molar-refractivity contribution >= 4 is 5.91 Å². The van der Waals surface area contributed by atoms with Crippen LogP contribution in [0.5, 0.6) is 0 Å². The first-order valence-corrected chi connectivity index (χ1v) is 9.90. The predicted octanol–water partition coefficient (Wildman–Crippen LogP) is 5.36. The maximum absolute atomic E-state index is 13.5. The number of likely N-dealkylation sites (tertiary alicyclic amines) is 1. The number of carbonyl (C=O) groups is 1. The van der Waals surface area contributed by atoms with Crippen molar-refractivity contribution in [3.63, 3.8) is 0 Å². The van der Waals surface area contributed by atoms with Crippen molar-refractivity contribution in [2.24, 2.45) is 0 Å². The highest BCUT2D eigenvalue weighted by Gasteiger charge is 2.41. The standard InChI is InChI=1S/C23H27F3N2O/c1-16-10-9-13-18(23(24,25)26)19(16)21(29)27-20(17-11-5-4-6-12-17)22(2,3)28-14-7-8-15-28/h4-6,9-13,20H,7-8,14-15H2,1-3H3,(H,27,29). The van der Waals surface area contributed by atoms with Gasteiger partial charge in [-0.25, -0.2) is 0 Å². The Morgan fingerprint density at radius 2 is 1.62 bits per heavy atom. The van der Waals surface area contributed by atoms with E-state index in [2.05, 4.69) is 10.2 Å². The lowest BCUT2D eigenvalue weighted by Crippen LogP contribution is -2.53. The van der Waals surface area contributed by atoms with E-state index < -0.39 is 29.2 Å². The average Bonchev–Trinajstić information content (AvgIpc) is 3.21. The zero-order valence-electron chi connectivity index (χ0n) is 17.0. The van der Waals surface area contributed by atoms with Crippen molar-refractivity contribution in [3.8, 4) is 0 Å². The molecule has 1 aliphatic heterocycles. The van der Waals surface area contributed by atoms with Crippen molar-refractivity contribution < 1.29 is 18.0 Å². The molecule has 3 nitrogen and oxygen atoms in total. The Morgan fingerprint density at radius 3 is 2.21 bits per heavy atom. The molecule has 1 atom stereocenters. The van der Waals surface area contributed by atoms with Crippen LogP contribution in [0.3, 0.4) is 0 Å². The quantitative estimate of drug-likeness (QED) is 0.728. The second-order valence-corrected chi connectivity index (χ2v) is 8.16. The SMILES string of the molecule is Cc1cccc(C(F)(F)F)c1C(=O)NC(c1ccccc1)C(C)(C)N1CCCC1. The van der Waals surface area contributed by atoms with Crippen LogP contribution >= 0.6 is 0 Å². The summed E-state index contributed by atoms with van der Waals surface area (Å²) in [5.41, 5.74) is -0.476. The summed E-state index contributed by atoms with van der Waals surface area (Å²) in [6, 6.07) is 12.8. The van der Waals surface area contributed by atoms with Gasteiger partial charge in [-0.15, -0.1) is 0 Å². The van der Waals surface area contributed by atoms with Crippen molar-refractivity contribution in [1.29, 1.82) is 0 Å². The van der Waals surface area contributed by atoms with Crippen LogP contribution < -0.4 is 5.32 Å². The van der Waals surface area contributed by atoms with Crippen molar-refractivity contribution in [2.75, 3.05) is 13.1 Å². The van der Waals surface area contributed by atoms with E-state index in [0.29, 0.717) is 5.56 Å². The fourth-order valence-electron chi connectivity index (χ4n) is 4.20. The molecule has 2 aromatic carbocycles.